The van der Waals surface area contributed by atoms with E-state index in [4.69, 9.17) is 5.11 Å². The molecule has 0 aliphatic heterocycles. The molecule has 0 spiro atoms. The van der Waals surface area contributed by atoms with E-state index in [0.29, 0.717) is 19.3 Å². The van der Waals surface area contributed by atoms with Gasteiger partial charge in [-0.05, 0) is 6.42 Å². The number of nitro groups is 1. The normalized spacial score (nSPS) is 34.8. The molecule has 1 aliphatic carbocycles. The monoisotopic (exact) mass is 131 g/mol. The smallest absolute Gasteiger partial charge is 0.215 e. The van der Waals surface area contributed by atoms with Crippen LogP contribution in [0.1, 0.15) is 19.3 Å². The van der Waals surface area contributed by atoms with E-state index >= 15 is 0 Å². The fourth-order valence-corrected chi connectivity index (χ4v) is 1.13. The summed E-state index contributed by atoms with van der Waals surface area (Å²) >= 11 is 0. The Morgan fingerprint density at radius 1 is 1.56 bits per heavy atom. The van der Waals surface area contributed by atoms with Gasteiger partial charge in [0.25, 0.3) is 0 Å². The van der Waals surface area contributed by atoms with Crippen molar-refractivity contribution in [3.63, 3.8) is 0 Å². The summed E-state index contributed by atoms with van der Waals surface area (Å²) in [5.74, 6) is 0. The maximum atomic E-state index is 10.0. The van der Waals surface area contributed by atoms with E-state index in [9.17, 15) is 10.1 Å². The highest BCUT2D eigenvalue weighted by atomic mass is 16.6. The molecule has 0 heterocycles. The Morgan fingerprint density at radius 3 is 2.44 bits per heavy atom. The number of hydrogen-bond donors (Lipinski definition) is 1. The van der Waals surface area contributed by atoms with Crippen LogP contribution in [-0.2, 0) is 0 Å². The molecule has 0 bridgehead atoms. The lowest BCUT2D eigenvalue weighted by Crippen LogP contribution is -2.15. The van der Waals surface area contributed by atoms with E-state index in [2.05, 4.69) is 0 Å². The standard InChI is InChI=1S/C5H9NO3/c7-5-2-1-4(3-5)6(8)9/h4-5,7H,1-3H2. The summed E-state index contributed by atoms with van der Waals surface area (Å²) in [7, 11) is 0. The number of aliphatic hydroxyl groups excluding tert-OH is 1. The zero-order valence-electron chi connectivity index (χ0n) is 4.99. The lowest BCUT2D eigenvalue weighted by molar-refractivity contribution is -0.521. The topological polar surface area (TPSA) is 63.4 Å². The summed E-state index contributed by atoms with van der Waals surface area (Å²) in [6, 6.07) is -0.486. The van der Waals surface area contributed by atoms with Crippen molar-refractivity contribution in [3.05, 3.63) is 10.1 Å². The number of hydrogen-bond acceptors (Lipinski definition) is 3. The molecule has 1 aliphatic rings. The van der Waals surface area contributed by atoms with Crippen molar-refractivity contribution >= 4 is 0 Å². The van der Waals surface area contributed by atoms with Gasteiger partial charge in [0.05, 0.1) is 6.10 Å². The molecule has 9 heavy (non-hydrogen) atoms. The minimum absolute atomic E-state index is 0.309. The molecule has 1 rings (SSSR count). The second-order valence-electron chi connectivity index (χ2n) is 2.41. The van der Waals surface area contributed by atoms with E-state index in [-0.39, 0.29) is 4.92 Å². The van der Waals surface area contributed by atoms with Gasteiger partial charge in [0.1, 0.15) is 0 Å². The molecule has 0 aromatic heterocycles. The first-order chi connectivity index (χ1) is 4.20. The van der Waals surface area contributed by atoms with Crippen LogP contribution in [0.4, 0.5) is 0 Å². The summed E-state index contributed by atoms with van der Waals surface area (Å²) in [6.07, 6.45) is 1.03. The van der Waals surface area contributed by atoms with Gasteiger partial charge in [-0.1, -0.05) is 0 Å². The predicted octanol–water partition coefficient (Wildman–Crippen LogP) is 0.176. The average molecular weight is 131 g/mol. The Labute approximate surface area is 52.6 Å². The zero-order valence-corrected chi connectivity index (χ0v) is 4.99. The Hall–Kier alpha value is -0.640. The zero-order chi connectivity index (χ0) is 6.85. The van der Waals surface area contributed by atoms with Crippen molar-refractivity contribution < 1.29 is 10.0 Å². The Bertz CT molecular complexity index is 125. The summed E-state index contributed by atoms with van der Waals surface area (Å²) in [6.45, 7) is 0. The lowest BCUT2D eigenvalue weighted by Gasteiger charge is -1.97. The fourth-order valence-electron chi connectivity index (χ4n) is 1.13. The quantitative estimate of drug-likeness (QED) is 0.407. The van der Waals surface area contributed by atoms with Crippen LogP contribution in [-0.4, -0.2) is 22.2 Å². The predicted molar refractivity (Wildman–Crippen MR) is 30.6 cm³/mol. The van der Waals surface area contributed by atoms with Crippen LogP contribution in [0.3, 0.4) is 0 Å². The van der Waals surface area contributed by atoms with Gasteiger partial charge in [-0.25, -0.2) is 0 Å². The molecule has 1 N–H and O–H groups in total. The van der Waals surface area contributed by atoms with Crippen molar-refractivity contribution in [1.82, 2.24) is 0 Å². The number of aliphatic hydroxyl groups is 1. The van der Waals surface area contributed by atoms with Gasteiger partial charge < -0.3 is 5.11 Å². The molecule has 4 nitrogen and oxygen atoms in total. The number of nitrogens with zero attached hydrogens (tertiary/aromatic N) is 1. The summed E-state index contributed by atoms with van der Waals surface area (Å²) in [4.78, 5) is 9.73. The molecule has 0 aromatic rings. The van der Waals surface area contributed by atoms with Gasteiger partial charge in [0.2, 0.25) is 6.04 Å². The van der Waals surface area contributed by atoms with Crippen LogP contribution in [0.25, 0.3) is 0 Å². The molecule has 1 fully saturated rings. The minimum Gasteiger partial charge on any atom is -0.393 e. The maximum Gasteiger partial charge on any atom is 0.215 e. The Balaban J connectivity index is 2.39. The molecule has 0 amide bonds. The molecule has 0 radical (unpaired) electrons. The van der Waals surface area contributed by atoms with Crippen molar-refractivity contribution in [2.45, 2.75) is 31.4 Å². The van der Waals surface area contributed by atoms with E-state index in [1.165, 1.54) is 0 Å². The van der Waals surface area contributed by atoms with E-state index in [1.807, 2.05) is 0 Å². The van der Waals surface area contributed by atoms with Gasteiger partial charge >= 0.3 is 0 Å². The Kier molecular flexibility index (Phi) is 1.66. The highest BCUT2D eigenvalue weighted by Gasteiger charge is 2.30. The van der Waals surface area contributed by atoms with Gasteiger partial charge in [-0.3, -0.25) is 10.1 Å². The summed E-state index contributed by atoms with van der Waals surface area (Å²) in [5.41, 5.74) is 0. The van der Waals surface area contributed by atoms with Crippen molar-refractivity contribution in [3.8, 4) is 0 Å². The van der Waals surface area contributed by atoms with E-state index in [1.54, 1.807) is 0 Å². The van der Waals surface area contributed by atoms with Crippen molar-refractivity contribution in [1.29, 1.82) is 0 Å². The number of rotatable bonds is 1. The molecule has 2 atom stereocenters. The van der Waals surface area contributed by atoms with Crippen LogP contribution < -0.4 is 0 Å². The van der Waals surface area contributed by atoms with Crippen molar-refractivity contribution in [2.24, 2.45) is 0 Å². The van der Waals surface area contributed by atoms with Crippen molar-refractivity contribution in [2.75, 3.05) is 0 Å². The third-order valence-electron chi connectivity index (χ3n) is 1.68. The largest absolute Gasteiger partial charge is 0.393 e. The highest BCUT2D eigenvalue weighted by Crippen LogP contribution is 2.20. The summed E-state index contributed by atoms with van der Waals surface area (Å²) in [5, 5.41) is 18.9. The van der Waals surface area contributed by atoms with E-state index < -0.39 is 12.1 Å². The molecule has 52 valence electrons. The third-order valence-corrected chi connectivity index (χ3v) is 1.68. The minimum atomic E-state index is -0.486. The van der Waals surface area contributed by atoms with Crippen LogP contribution >= 0.6 is 0 Å². The third kappa shape index (κ3) is 1.38. The van der Waals surface area contributed by atoms with Gasteiger partial charge in [-0.15, -0.1) is 0 Å². The highest BCUT2D eigenvalue weighted by molar-refractivity contribution is 4.73. The lowest BCUT2D eigenvalue weighted by atomic mass is 10.3. The maximum absolute atomic E-state index is 10.0. The molecular formula is C5H9NO3. The van der Waals surface area contributed by atoms with E-state index in [0.717, 1.165) is 0 Å². The van der Waals surface area contributed by atoms with Crippen LogP contribution in [0.15, 0.2) is 0 Å². The Morgan fingerprint density at radius 2 is 2.22 bits per heavy atom. The second kappa shape index (κ2) is 2.31. The molecule has 1 saturated carbocycles. The first-order valence-corrected chi connectivity index (χ1v) is 3.01. The first-order valence-electron chi connectivity index (χ1n) is 3.01. The molecule has 4 heteroatoms. The van der Waals surface area contributed by atoms with Crippen LogP contribution in [0.2, 0.25) is 0 Å². The summed E-state index contributed by atoms with van der Waals surface area (Å²) < 4.78 is 0. The molecule has 0 aromatic carbocycles. The average Bonchev–Trinajstić information content (AvgIpc) is 2.14. The molecule has 2 unspecified atom stereocenters. The molecule has 0 saturated heterocycles. The SMILES string of the molecule is O=[N+]([O-])C1CCC(O)C1. The fraction of sp³-hybridized carbons (Fsp3) is 1.00. The van der Waals surface area contributed by atoms with Gasteiger partial charge in [-0.2, -0.15) is 0 Å². The van der Waals surface area contributed by atoms with Gasteiger partial charge in [0.15, 0.2) is 0 Å². The van der Waals surface area contributed by atoms with Crippen LogP contribution in [0.5, 0.6) is 0 Å². The van der Waals surface area contributed by atoms with Gasteiger partial charge in [0, 0.05) is 17.8 Å². The molecular weight excluding hydrogens is 122 g/mol. The first kappa shape index (κ1) is 6.48. The van der Waals surface area contributed by atoms with Crippen LogP contribution in [0, 0.1) is 10.1 Å². The second-order valence-corrected chi connectivity index (χ2v) is 2.41.